The summed E-state index contributed by atoms with van der Waals surface area (Å²) >= 11 is 2.33. The Morgan fingerprint density at radius 1 is 1.13 bits per heavy atom. The van der Waals surface area contributed by atoms with Gasteiger partial charge in [0.05, 0.1) is 0 Å². The third kappa shape index (κ3) is 4.17. The molecule has 1 aliphatic rings. The van der Waals surface area contributed by atoms with E-state index in [1.54, 1.807) is 0 Å². The number of hydrogen-bond donors (Lipinski definition) is 2. The number of piperidine rings is 1. The van der Waals surface area contributed by atoms with Crippen molar-refractivity contribution in [2.75, 3.05) is 18.4 Å². The van der Waals surface area contributed by atoms with E-state index in [0.29, 0.717) is 6.04 Å². The molecule has 0 aromatic heterocycles. The van der Waals surface area contributed by atoms with Crippen molar-refractivity contribution in [2.45, 2.75) is 18.9 Å². The lowest BCUT2D eigenvalue weighted by Gasteiger charge is -2.24. The van der Waals surface area contributed by atoms with Crippen LogP contribution in [-0.4, -0.2) is 19.1 Å². The Morgan fingerprint density at radius 3 is 2.33 bits per heavy atom. The molecule has 0 radical (unpaired) electrons. The summed E-state index contributed by atoms with van der Waals surface area (Å²) in [4.78, 5) is 0. The quantitative estimate of drug-likeness (QED) is 0.810. The Hall–Kier alpha value is 0. The van der Waals surface area contributed by atoms with Gasteiger partial charge in [-0.15, -0.1) is 12.4 Å². The molecular formula is C11H16ClIN2. The van der Waals surface area contributed by atoms with Crippen LogP contribution in [0.3, 0.4) is 0 Å². The first-order valence-corrected chi connectivity index (χ1v) is 6.15. The van der Waals surface area contributed by atoms with Crippen molar-refractivity contribution in [3.8, 4) is 0 Å². The standard InChI is InChI=1S/C11H15IN2.ClH/c12-9-1-3-10(4-2-9)14-11-5-7-13-8-6-11;/h1-4,11,13-14H,5-8H2;1H. The second kappa shape index (κ2) is 6.55. The molecule has 2 N–H and O–H groups in total. The van der Waals surface area contributed by atoms with Gasteiger partial charge in [0.15, 0.2) is 0 Å². The lowest BCUT2D eigenvalue weighted by Crippen LogP contribution is -2.35. The van der Waals surface area contributed by atoms with Crippen LogP contribution in [0.15, 0.2) is 24.3 Å². The van der Waals surface area contributed by atoms with Gasteiger partial charge >= 0.3 is 0 Å². The van der Waals surface area contributed by atoms with Gasteiger partial charge in [-0.25, -0.2) is 0 Å². The number of benzene rings is 1. The average Bonchev–Trinajstić information content (AvgIpc) is 2.23. The molecule has 0 bridgehead atoms. The number of hydrogen-bond acceptors (Lipinski definition) is 2. The third-order valence-corrected chi connectivity index (χ3v) is 3.27. The fourth-order valence-corrected chi connectivity index (χ4v) is 2.11. The predicted octanol–water partition coefficient (Wildman–Crippen LogP) is 2.88. The van der Waals surface area contributed by atoms with Gasteiger partial charge in [-0.3, -0.25) is 0 Å². The summed E-state index contributed by atoms with van der Waals surface area (Å²) in [5, 5.41) is 6.93. The topological polar surface area (TPSA) is 24.1 Å². The zero-order valence-corrected chi connectivity index (χ0v) is 11.5. The largest absolute Gasteiger partial charge is 0.382 e. The Bertz CT molecular complexity index is 283. The molecule has 1 aromatic rings. The maximum absolute atomic E-state index is 3.56. The van der Waals surface area contributed by atoms with Gasteiger partial charge in [-0.05, 0) is 72.8 Å². The summed E-state index contributed by atoms with van der Waals surface area (Å²) in [6, 6.07) is 9.25. The van der Waals surface area contributed by atoms with Crippen LogP contribution >= 0.6 is 35.0 Å². The number of halogens is 2. The molecule has 0 aliphatic carbocycles. The zero-order valence-electron chi connectivity index (χ0n) is 8.50. The molecule has 1 fully saturated rings. The molecular weight excluding hydrogens is 322 g/mol. The highest BCUT2D eigenvalue weighted by molar-refractivity contribution is 14.1. The van der Waals surface area contributed by atoms with Crippen molar-refractivity contribution in [2.24, 2.45) is 0 Å². The minimum absolute atomic E-state index is 0. The van der Waals surface area contributed by atoms with Gasteiger partial charge in [0.2, 0.25) is 0 Å². The van der Waals surface area contributed by atoms with Gasteiger partial charge in [0.25, 0.3) is 0 Å². The third-order valence-electron chi connectivity index (χ3n) is 2.55. The number of rotatable bonds is 2. The summed E-state index contributed by atoms with van der Waals surface area (Å²) in [5.41, 5.74) is 1.25. The van der Waals surface area contributed by atoms with Crippen LogP contribution in [-0.2, 0) is 0 Å². The highest BCUT2D eigenvalue weighted by Crippen LogP contribution is 2.15. The van der Waals surface area contributed by atoms with Gasteiger partial charge in [0, 0.05) is 15.3 Å². The fraction of sp³-hybridized carbons (Fsp3) is 0.455. The van der Waals surface area contributed by atoms with E-state index in [9.17, 15) is 0 Å². The normalized spacial score (nSPS) is 16.9. The van der Waals surface area contributed by atoms with Gasteiger partial charge < -0.3 is 10.6 Å². The van der Waals surface area contributed by atoms with Crippen LogP contribution in [0.4, 0.5) is 5.69 Å². The van der Waals surface area contributed by atoms with Crippen molar-refractivity contribution in [1.82, 2.24) is 5.32 Å². The average molecular weight is 339 g/mol. The highest BCUT2D eigenvalue weighted by Gasteiger charge is 2.11. The lowest BCUT2D eigenvalue weighted by atomic mass is 10.1. The second-order valence-corrected chi connectivity index (χ2v) is 4.92. The molecule has 2 nitrogen and oxygen atoms in total. The Balaban J connectivity index is 0.00000112. The monoisotopic (exact) mass is 338 g/mol. The van der Waals surface area contributed by atoms with E-state index in [0.717, 1.165) is 13.1 Å². The van der Waals surface area contributed by atoms with Crippen LogP contribution in [0.5, 0.6) is 0 Å². The minimum atomic E-state index is 0. The fourth-order valence-electron chi connectivity index (χ4n) is 1.75. The maximum Gasteiger partial charge on any atom is 0.0343 e. The van der Waals surface area contributed by atoms with Crippen LogP contribution in [0, 0.1) is 3.57 Å². The number of nitrogens with one attached hydrogen (secondary N) is 2. The molecule has 0 saturated carbocycles. The van der Waals surface area contributed by atoms with E-state index < -0.39 is 0 Å². The summed E-state index contributed by atoms with van der Waals surface area (Å²) in [5.74, 6) is 0. The highest BCUT2D eigenvalue weighted by atomic mass is 127. The van der Waals surface area contributed by atoms with E-state index in [1.165, 1.54) is 22.1 Å². The van der Waals surface area contributed by atoms with E-state index >= 15 is 0 Å². The van der Waals surface area contributed by atoms with Crippen LogP contribution in [0.25, 0.3) is 0 Å². The summed E-state index contributed by atoms with van der Waals surface area (Å²) in [6.07, 6.45) is 2.46. The smallest absolute Gasteiger partial charge is 0.0343 e. The molecule has 15 heavy (non-hydrogen) atoms. The summed E-state index contributed by atoms with van der Waals surface area (Å²) < 4.78 is 1.29. The van der Waals surface area contributed by atoms with Crippen molar-refractivity contribution in [3.63, 3.8) is 0 Å². The second-order valence-electron chi connectivity index (χ2n) is 3.68. The Morgan fingerprint density at radius 2 is 1.73 bits per heavy atom. The molecule has 84 valence electrons. The molecule has 1 heterocycles. The van der Waals surface area contributed by atoms with E-state index in [2.05, 4.69) is 57.5 Å². The number of anilines is 1. The van der Waals surface area contributed by atoms with Crippen LogP contribution in [0.1, 0.15) is 12.8 Å². The first-order valence-electron chi connectivity index (χ1n) is 5.07. The minimum Gasteiger partial charge on any atom is -0.382 e. The van der Waals surface area contributed by atoms with Gasteiger partial charge in [0.1, 0.15) is 0 Å². The molecule has 4 heteroatoms. The zero-order chi connectivity index (χ0) is 9.80. The molecule has 0 unspecified atom stereocenters. The van der Waals surface area contributed by atoms with Crippen molar-refractivity contribution < 1.29 is 0 Å². The Labute approximate surface area is 111 Å². The molecule has 0 atom stereocenters. The van der Waals surface area contributed by atoms with Crippen molar-refractivity contribution in [3.05, 3.63) is 27.8 Å². The van der Waals surface area contributed by atoms with Crippen LogP contribution in [0.2, 0.25) is 0 Å². The Kier molecular flexibility index (Phi) is 5.71. The van der Waals surface area contributed by atoms with Crippen molar-refractivity contribution in [1.29, 1.82) is 0 Å². The summed E-state index contributed by atoms with van der Waals surface area (Å²) in [6.45, 7) is 2.28. The van der Waals surface area contributed by atoms with E-state index in [4.69, 9.17) is 0 Å². The van der Waals surface area contributed by atoms with E-state index in [1.807, 2.05) is 0 Å². The molecule has 2 rings (SSSR count). The maximum atomic E-state index is 3.56. The lowest BCUT2D eigenvalue weighted by molar-refractivity contribution is 0.479. The van der Waals surface area contributed by atoms with Gasteiger partial charge in [-0.2, -0.15) is 0 Å². The molecule has 1 aromatic carbocycles. The van der Waals surface area contributed by atoms with Crippen LogP contribution < -0.4 is 10.6 Å². The SMILES string of the molecule is Cl.Ic1ccc(NC2CCNCC2)cc1. The molecule has 1 saturated heterocycles. The first kappa shape index (κ1) is 13.1. The predicted molar refractivity (Wildman–Crippen MR) is 75.9 cm³/mol. The van der Waals surface area contributed by atoms with Crippen molar-refractivity contribution >= 4 is 40.7 Å². The summed E-state index contributed by atoms with van der Waals surface area (Å²) in [7, 11) is 0. The van der Waals surface area contributed by atoms with Gasteiger partial charge in [-0.1, -0.05) is 0 Å². The molecule has 0 amide bonds. The first-order chi connectivity index (χ1) is 6.84. The molecule has 1 aliphatic heterocycles. The van der Waals surface area contributed by atoms with E-state index in [-0.39, 0.29) is 12.4 Å². The molecule has 0 spiro atoms.